The van der Waals surface area contributed by atoms with Crippen molar-refractivity contribution in [2.45, 2.75) is 39.5 Å². The topological polar surface area (TPSA) is 131 Å². The molecule has 0 bridgehead atoms. The Morgan fingerprint density at radius 2 is 0.814 bits per heavy atom. The Morgan fingerprint density at radius 1 is 0.535 bits per heavy atom. The molecule has 0 aliphatic rings. The van der Waals surface area contributed by atoms with Crippen molar-refractivity contribution in [1.82, 2.24) is 10.6 Å². The monoisotopic (exact) mass is 606 g/mol. The van der Waals surface area contributed by atoms with Crippen molar-refractivity contribution < 1.29 is 9.59 Å². The molecule has 10 nitrogen and oxygen atoms in total. The van der Waals surface area contributed by atoms with Gasteiger partial charge in [0, 0.05) is 61.1 Å². The van der Waals surface area contributed by atoms with Gasteiger partial charge in [-0.3, -0.25) is 9.98 Å². The number of rotatable bonds is 12. The molecule has 11 heteroatoms. The Morgan fingerprint density at radius 3 is 1.07 bits per heavy atom. The zero-order chi connectivity index (χ0) is 30.2. The van der Waals surface area contributed by atoms with Gasteiger partial charge in [-0.05, 0) is 85.6 Å². The van der Waals surface area contributed by atoms with Crippen molar-refractivity contribution in [3.63, 3.8) is 0 Å². The summed E-state index contributed by atoms with van der Waals surface area (Å²) in [5, 5.41) is 17.9. The van der Waals surface area contributed by atoms with Crippen LogP contribution in [0.5, 0.6) is 0 Å². The second-order valence-corrected chi connectivity index (χ2v) is 9.60. The third-order valence-electron chi connectivity index (χ3n) is 6.33. The molecule has 0 heterocycles. The van der Waals surface area contributed by atoms with E-state index in [1.54, 1.807) is 38.4 Å². The summed E-state index contributed by atoms with van der Waals surface area (Å²) in [6, 6.07) is 21.1. The van der Waals surface area contributed by atoms with E-state index in [9.17, 15) is 9.59 Å². The molecule has 43 heavy (non-hydrogen) atoms. The highest BCUT2D eigenvalue weighted by Crippen LogP contribution is 2.16. The largest absolute Gasteiger partial charge is 0.370 e. The second-order valence-electron chi connectivity index (χ2n) is 9.60. The number of amides is 4. The molecule has 0 aliphatic carbocycles. The van der Waals surface area contributed by atoms with Crippen molar-refractivity contribution in [3.8, 4) is 0 Å². The quantitative estimate of drug-likeness (QED) is 0.0758. The van der Waals surface area contributed by atoms with Crippen LogP contribution in [-0.2, 0) is 0 Å². The van der Waals surface area contributed by atoms with E-state index in [4.69, 9.17) is 0 Å². The first-order chi connectivity index (χ1) is 20.4. The molecular weight excluding hydrogens is 564 g/mol. The first-order valence-electron chi connectivity index (χ1n) is 14.3. The van der Waals surface area contributed by atoms with Gasteiger partial charge in [-0.2, -0.15) is 0 Å². The smallest absolute Gasteiger partial charge is 0.323 e. The van der Waals surface area contributed by atoms with E-state index in [0.717, 1.165) is 61.6 Å². The van der Waals surface area contributed by atoms with E-state index in [-0.39, 0.29) is 24.5 Å². The van der Waals surface area contributed by atoms with Gasteiger partial charge in [0.1, 0.15) is 11.7 Å². The molecule has 0 saturated heterocycles. The van der Waals surface area contributed by atoms with E-state index in [2.05, 4.69) is 55.7 Å². The molecule has 0 spiro atoms. The summed E-state index contributed by atoms with van der Waals surface area (Å²) in [6.07, 6.45) is 4.37. The molecule has 0 fully saturated rings. The molecule has 0 saturated carbocycles. The summed E-state index contributed by atoms with van der Waals surface area (Å²) in [5.41, 5.74) is 4.42. The molecule has 4 amide bonds. The number of nitrogens with one attached hydrogen (secondary N) is 6. The van der Waals surface area contributed by atoms with Crippen LogP contribution >= 0.6 is 12.4 Å². The lowest BCUT2D eigenvalue weighted by Gasteiger charge is -2.12. The Kier molecular flexibility index (Phi) is 15.1. The van der Waals surface area contributed by atoms with Gasteiger partial charge in [-0.15, -0.1) is 12.4 Å². The molecule has 6 N–H and O–H groups in total. The van der Waals surface area contributed by atoms with Crippen molar-refractivity contribution in [1.29, 1.82) is 0 Å². The summed E-state index contributed by atoms with van der Waals surface area (Å²) in [4.78, 5) is 33.6. The number of unbranched alkanes of at least 4 members (excludes halogenated alkanes) is 2. The summed E-state index contributed by atoms with van der Waals surface area (Å²) < 4.78 is 0. The molecule has 0 atom stereocenters. The van der Waals surface area contributed by atoms with Crippen LogP contribution in [0.15, 0.2) is 82.8 Å². The van der Waals surface area contributed by atoms with Crippen LogP contribution in [0.3, 0.4) is 0 Å². The van der Waals surface area contributed by atoms with Crippen LogP contribution in [0.2, 0.25) is 0 Å². The van der Waals surface area contributed by atoms with Gasteiger partial charge >= 0.3 is 12.1 Å². The average molecular weight is 607 g/mol. The van der Waals surface area contributed by atoms with E-state index in [1.165, 1.54) is 0 Å². The van der Waals surface area contributed by atoms with Gasteiger partial charge in [-0.1, -0.05) is 26.7 Å². The first-order valence-corrected chi connectivity index (χ1v) is 14.3. The minimum Gasteiger partial charge on any atom is -0.370 e. The number of carbonyl (C=O) groups is 2. The minimum atomic E-state index is -0.369. The molecular formula is C32H43ClN8O2. The van der Waals surface area contributed by atoms with Crippen LogP contribution < -0.4 is 31.9 Å². The lowest BCUT2D eigenvalue weighted by molar-refractivity contribution is 0.261. The fourth-order valence-electron chi connectivity index (χ4n) is 4.03. The first kappa shape index (κ1) is 34.6. The van der Waals surface area contributed by atoms with Crippen molar-refractivity contribution in [2.24, 2.45) is 9.98 Å². The number of urea groups is 2. The Hall–Kier alpha value is -4.57. The zero-order valence-corrected chi connectivity index (χ0v) is 26.1. The SMILES string of the molecule is CCCCNC(=NC)c1ccc(NC(=O)Nc2ccc(NC(=O)Nc3ccc(C(=NC)NCCCC)cc3)cc2)cc1.Cl. The maximum absolute atomic E-state index is 12.5. The second kappa shape index (κ2) is 18.8. The van der Waals surface area contributed by atoms with Crippen LogP contribution in [-0.4, -0.2) is 50.9 Å². The lowest BCUT2D eigenvalue weighted by atomic mass is 10.2. The van der Waals surface area contributed by atoms with E-state index in [1.807, 2.05) is 48.5 Å². The van der Waals surface area contributed by atoms with Crippen molar-refractivity contribution in [2.75, 3.05) is 48.5 Å². The fourth-order valence-corrected chi connectivity index (χ4v) is 4.03. The maximum atomic E-state index is 12.5. The summed E-state index contributed by atoms with van der Waals surface area (Å²) in [6.45, 7) is 6.03. The van der Waals surface area contributed by atoms with E-state index in [0.29, 0.717) is 22.7 Å². The third kappa shape index (κ3) is 11.7. The maximum Gasteiger partial charge on any atom is 0.323 e. The van der Waals surface area contributed by atoms with Crippen molar-refractivity contribution >= 4 is 58.9 Å². The molecule has 0 aliphatic heterocycles. The molecule has 0 radical (unpaired) electrons. The number of nitrogens with zero attached hydrogens (tertiary/aromatic N) is 2. The summed E-state index contributed by atoms with van der Waals surface area (Å²) in [7, 11) is 3.51. The number of anilines is 4. The average Bonchev–Trinajstić information content (AvgIpc) is 3.00. The van der Waals surface area contributed by atoms with Crippen molar-refractivity contribution in [3.05, 3.63) is 83.9 Å². The predicted molar refractivity (Wildman–Crippen MR) is 183 cm³/mol. The number of aliphatic imine (C=N–C) groups is 2. The fraction of sp³-hybridized carbons (Fsp3) is 0.312. The molecule has 3 aromatic carbocycles. The Bertz CT molecular complexity index is 1240. The number of halogens is 1. The predicted octanol–water partition coefficient (Wildman–Crippen LogP) is 6.93. The number of amidine groups is 2. The van der Waals surface area contributed by atoms with Crippen LogP contribution in [0, 0.1) is 0 Å². The molecule has 0 aromatic heterocycles. The van der Waals surface area contributed by atoms with Gasteiger partial charge < -0.3 is 31.9 Å². The Labute approximate surface area is 260 Å². The molecule has 3 rings (SSSR count). The summed E-state index contributed by atoms with van der Waals surface area (Å²) >= 11 is 0. The normalized spacial score (nSPS) is 11.2. The molecule has 0 unspecified atom stereocenters. The third-order valence-corrected chi connectivity index (χ3v) is 6.33. The van der Waals surface area contributed by atoms with Gasteiger partial charge in [0.2, 0.25) is 0 Å². The Balaban J connectivity index is 0.00000645. The van der Waals surface area contributed by atoms with Gasteiger partial charge in [0.15, 0.2) is 0 Å². The highest BCUT2D eigenvalue weighted by molar-refractivity contribution is 6.03. The lowest BCUT2D eigenvalue weighted by Crippen LogP contribution is -2.25. The van der Waals surface area contributed by atoms with E-state index < -0.39 is 0 Å². The minimum absolute atomic E-state index is 0. The summed E-state index contributed by atoms with van der Waals surface area (Å²) in [5.74, 6) is 1.65. The van der Waals surface area contributed by atoms with Gasteiger partial charge in [0.25, 0.3) is 0 Å². The number of carbonyl (C=O) groups excluding carboxylic acids is 2. The van der Waals surface area contributed by atoms with Crippen LogP contribution in [0.4, 0.5) is 32.3 Å². The standard InChI is InChI=1S/C32H42N8O2.ClH/c1-5-7-21-35-29(33-3)23-9-13-25(14-10-23)37-31(41)39-27-17-19-28(20-18-27)40-32(42)38-26-15-11-24(12-16-26)30(34-4)36-22-8-6-2;/h9-20H,5-8,21-22H2,1-4H3,(H,33,35)(H,34,36)(H2,37,39,41)(H2,38,40,42);1H. The number of benzene rings is 3. The van der Waals surface area contributed by atoms with Crippen LogP contribution in [0.1, 0.15) is 50.7 Å². The highest BCUT2D eigenvalue weighted by Gasteiger charge is 2.08. The van der Waals surface area contributed by atoms with Gasteiger partial charge in [0.05, 0.1) is 0 Å². The van der Waals surface area contributed by atoms with Gasteiger partial charge in [-0.25, -0.2) is 9.59 Å². The van der Waals surface area contributed by atoms with E-state index >= 15 is 0 Å². The van der Waals surface area contributed by atoms with Crippen LogP contribution in [0.25, 0.3) is 0 Å². The molecule has 230 valence electrons. The zero-order valence-electron chi connectivity index (χ0n) is 25.3. The molecule has 3 aromatic rings. The number of hydrogen-bond acceptors (Lipinski definition) is 4. The highest BCUT2D eigenvalue weighted by atomic mass is 35.5. The number of hydrogen-bond donors (Lipinski definition) is 6.